The van der Waals surface area contributed by atoms with Crippen molar-refractivity contribution >= 4 is 11.8 Å². The third kappa shape index (κ3) is 3.87. The lowest BCUT2D eigenvalue weighted by molar-refractivity contribution is 0.574. The third-order valence-electron chi connectivity index (χ3n) is 3.80. The van der Waals surface area contributed by atoms with Crippen LogP contribution in [0.1, 0.15) is 35.2 Å². The predicted octanol–water partition coefficient (Wildman–Crippen LogP) is 4.88. The number of thioether (sulfide) groups is 1. The molecular formula is C18H23NS. The number of benzene rings is 2. The lowest BCUT2D eigenvalue weighted by atomic mass is 10.1. The Kier molecular flexibility index (Phi) is 5.27. The molecule has 0 heterocycles. The van der Waals surface area contributed by atoms with Crippen LogP contribution in [0.4, 0.5) is 0 Å². The molecule has 0 aromatic heterocycles. The molecular weight excluding hydrogens is 262 g/mol. The highest BCUT2D eigenvalue weighted by atomic mass is 32.2. The number of hydrogen-bond acceptors (Lipinski definition) is 2. The van der Waals surface area contributed by atoms with Gasteiger partial charge in [0.25, 0.3) is 0 Å². The van der Waals surface area contributed by atoms with E-state index in [1.54, 1.807) is 11.8 Å². The largest absolute Gasteiger partial charge is 0.306 e. The number of aryl methyl sites for hydroxylation is 2. The second-order valence-corrected chi connectivity index (χ2v) is 6.17. The first-order chi connectivity index (χ1) is 9.60. The Hall–Kier alpha value is -1.25. The van der Waals surface area contributed by atoms with Crippen LogP contribution in [0.3, 0.4) is 0 Å². The molecule has 2 rings (SSSR count). The number of hydrogen-bond donors (Lipinski definition) is 1. The van der Waals surface area contributed by atoms with Gasteiger partial charge in [-0.3, -0.25) is 0 Å². The number of nitrogens with one attached hydrogen (secondary N) is 1. The fraction of sp³-hybridized carbons (Fsp3) is 0.333. The molecule has 0 saturated heterocycles. The van der Waals surface area contributed by atoms with Gasteiger partial charge in [0.2, 0.25) is 0 Å². The van der Waals surface area contributed by atoms with Crippen LogP contribution in [-0.2, 0) is 6.54 Å². The fourth-order valence-corrected chi connectivity index (χ4v) is 2.60. The molecule has 0 spiro atoms. The highest BCUT2D eigenvalue weighted by Gasteiger charge is 2.05. The summed E-state index contributed by atoms with van der Waals surface area (Å²) in [4.78, 5) is 1.31. The molecule has 0 bridgehead atoms. The molecule has 0 aliphatic carbocycles. The van der Waals surface area contributed by atoms with Gasteiger partial charge in [0.15, 0.2) is 0 Å². The van der Waals surface area contributed by atoms with E-state index in [1.165, 1.54) is 27.1 Å². The molecule has 0 aliphatic heterocycles. The monoisotopic (exact) mass is 285 g/mol. The smallest absolute Gasteiger partial charge is 0.0294 e. The lowest BCUT2D eigenvalue weighted by Gasteiger charge is -2.15. The normalized spacial score (nSPS) is 12.4. The van der Waals surface area contributed by atoms with E-state index in [1.807, 2.05) is 0 Å². The lowest BCUT2D eigenvalue weighted by Crippen LogP contribution is -2.18. The van der Waals surface area contributed by atoms with E-state index in [-0.39, 0.29) is 0 Å². The minimum Gasteiger partial charge on any atom is -0.306 e. The van der Waals surface area contributed by atoms with Crippen LogP contribution in [-0.4, -0.2) is 6.26 Å². The fourth-order valence-electron chi connectivity index (χ4n) is 2.19. The quantitative estimate of drug-likeness (QED) is 0.786. The Balaban J connectivity index is 1.96. The van der Waals surface area contributed by atoms with Crippen molar-refractivity contribution in [1.82, 2.24) is 5.32 Å². The van der Waals surface area contributed by atoms with E-state index >= 15 is 0 Å². The van der Waals surface area contributed by atoms with Crippen molar-refractivity contribution in [3.05, 3.63) is 64.7 Å². The Morgan fingerprint density at radius 3 is 2.30 bits per heavy atom. The summed E-state index contributed by atoms with van der Waals surface area (Å²) >= 11 is 1.78. The summed E-state index contributed by atoms with van der Waals surface area (Å²) in [5.74, 6) is 0. The summed E-state index contributed by atoms with van der Waals surface area (Å²) in [6.45, 7) is 7.45. The van der Waals surface area contributed by atoms with Crippen LogP contribution in [0.5, 0.6) is 0 Å². The maximum Gasteiger partial charge on any atom is 0.0294 e. The molecule has 1 N–H and O–H groups in total. The standard InChI is InChI=1S/C18H23NS/c1-13-5-6-16(11-14(13)2)12-19-15(3)17-7-9-18(20-4)10-8-17/h5-11,15,19H,12H2,1-4H3. The summed E-state index contributed by atoms with van der Waals surface area (Å²) in [7, 11) is 0. The molecule has 106 valence electrons. The second-order valence-electron chi connectivity index (χ2n) is 5.29. The second kappa shape index (κ2) is 6.96. The molecule has 1 unspecified atom stereocenters. The summed E-state index contributed by atoms with van der Waals surface area (Å²) in [6, 6.07) is 15.8. The summed E-state index contributed by atoms with van der Waals surface area (Å²) in [5.41, 5.74) is 5.41. The minimum absolute atomic E-state index is 0.368. The van der Waals surface area contributed by atoms with Gasteiger partial charge in [0.1, 0.15) is 0 Å². The average Bonchev–Trinajstić information content (AvgIpc) is 2.48. The molecule has 1 nitrogen and oxygen atoms in total. The van der Waals surface area contributed by atoms with Gasteiger partial charge in [0.05, 0.1) is 0 Å². The van der Waals surface area contributed by atoms with Crippen molar-refractivity contribution in [2.24, 2.45) is 0 Å². The Morgan fingerprint density at radius 1 is 1.00 bits per heavy atom. The van der Waals surface area contributed by atoms with Crippen molar-refractivity contribution < 1.29 is 0 Å². The number of rotatable bonds is 5. The van der Waals surface area contributed by atoms with Gasteiger partial charge in [-0.05, 0) is 61.4 Å². The van der Waals surface area contributed by atoms with E-state index in [2.05, 4.69) is 74.8 Å². The van der Waals surface area contributed by atoms with Crippen molar-refractivity contribution in [2.45, 2.75) is 38.3 Å². The molecule has 0 amide bonds. The molecule has 0 saturated carbocycles. The van der Waals surface area contributed by atoms with Crippen molar-refractivity contribution in [3.8, 4) is 0 Å². The van der Waals surface area contributed by atoms with E-state index < -0.39 is 0 Å². The first kappa shape index (κ1) is 15.1. The summed E-state index contributed by atoms with van der Waals surface area (Å²) in [5, 5.41) is 3.59. The topological polar surface area (TPSA) is 12.0 Å². The third-order valence-corrected chi connectivity index (χ3v) is 4.54. The molecule has 20 heavy (non-hydrogen) atoms. The molecule has 2 heteroatoms. The van der Waals surface area contributed by atoms with Gasteiger partial charge in [-0.1, -0.05) is 30.3 Å². The van der Waals surface area contributed by atoms with Crippen LogP contribution in [0.15, 0.2) is 47.4 Å². The highest BCUT2D eigenvalue weighted by molar-refractivity contribution is 7.98. The summed E-state index contributed by atoms with van der Waals surface area (Å²) < 4.78 is 0. The summed E-state index contributed by atoms with van der Waals surface area (Å²) in [6.07, 6.45) is 2.11. The first-order valence-electron chi connectivity index (χ1n) is 7.03. The van der Waals surface area contributed by atoms with Gasteiger partial charge < -0.3 is 5.32 Å². The van der Waals surface area contributed by atoms with Crippen LogP contribution >= 0.6 is 11.8 Å². The zero-order valence-electron chi connectivity index (χ0n) is 12.7. The van der Waals surface area contributed by atoms with Crippen molar-refractivity contribution in [1.29, 1.82) is 0 Å². The van der Waals surface area contributed by atoms with Crippen LogP contribution in [0.25, 0.3) is 0 Å². The predicted molar refractivity (Wildman–Crippen MR) is 89.4 cm³/mol. The van der Waals surface area contributed by atoms with Gasteiger partial charge in [-0.25, -0.2) is 0 Å². The maximum atomic E-state index is 3.59. The molecule has 2 aromatic rings. The zero-order chi connectivity index (χ0) is 14.5. The van der Waals surface area contributed by atoms with E-state index in [0.717, 1.165) is 6.54 Å². The Labute approximate surface area is 126 Å². The molecule has 0 fully saturated rings. The molecule has 0 aliphatic rings. The van der Waals surface area contributed by atoms with Crippen LogP contribution in [0.2, 0.25) is 0 Å². The minimum atomic E-state index is 0.368. The van der Waals surface area contributed by atoms with Crippen LogP contribution in [0, 0.1) is 13.8 Å². The van der Waals surface area contributed by atoms with Crippen molar-refractivity contribution in [3.63, 3.8) is 0 Å². The van der Waals surface area contributed by atoms with Gasteiger partial charge in [0, 0.05) is 17.5 Å². The van der Waals surface area contributed by atoms with Gasteiger partial charge >= 0.3 is 0 Å². The zero-order valence-corrected chi connectivity index (χ0v) is 13.6. The molecule has 2 aromatic carbocycles. The Morgan fingerprint density at radius 2 is 1.70 bits per heavy atom. The Bertz CT molecular complexity index is 560. The maximum absolute atomic E-state index is 3.59. The SMILES string of the molecule is CSc1ccc(C(C)NCc2ccc(C)c(C)c2)cc1. The van der Waals surface area contributed by atoms with Crippen molar-refractivity contribution in [2.75, 3.05) is 6.26 Å². The average molecular weight is 285 g/mol. The van der Waals surface area contributed by atoms with E-state index in [0.29, 0.717) is 6.04 Å². The highest BCUT2D eigenvalue weighted by Crippen LogP contribution is 2.19. The van der Waals surface area contributed by atoms with Gasteiger partial charge in [-0.2, -0.15) is 0 Å². The first-order valence-corrected chi connectivity index (χ1v) is 8.26. The van der Waals surface area contributed by atoms with E-state index in [4.69, 9.17) is 0 Å². The van der Waals surface area contributed by atoms with Gasteiger partial charge in [-0.15, -0.1) is 11.8 Å². The van der Waals surface area contributed by atoms with E-state index in [9.17, 15) is 0 Å². The molecule has 0 radical (unpaired) electrons. The van der Waals surface area contributed by atoms with Crippen LogP contribution < -0.4 is 5.32 Å². The molecule has 1 atom stereocenters.